The molecule has 4 heteroatoms. The number of rotatable bonds is 0. The standard InChI is InChI=1S/C27H43O.C2H6.H2O2.U/c1-17-7-6-13-25(3)14-10-21-19(24(17)25)8-9-23-26(4)16-12-22(28)18(2)20(26)11-15-27(21,23)5;2*1-2;/h8,17-18,20-24,28H,2,6-7,9-16H2,1,3-5H3;1-2H3;1-2H;/q-1;;;. The third kappa shape index (κ3) is 4.72. The monoisotopic (exact) mass is 685 g/mol. The Bertz CT molecular complexity index is 680. The first-order valence-corrected chi connectivity index (χ1v) is 13.6. The van der Waals surface area contributed by atoms with Crippen molar-refractivity contribution in [3.05, 3.63) is 18.6 Å². The summed E-state index contributed by atoms with van der Waals surface area (Å²) in [5.74, 6) is 4.17. The van der Waals surface area contributed by atoms with Gasteiger partial charge in [-0.2, -0.15) is 0 Å². The van der Waals surface area contributed by atoms with Crippen LogP contribution in [-0.2, 0) is 0 Å². The number of aliphatic hydroxyl groups excluding tert-OH is 1. The van der Waals surface area contributed by atoms with Gasteiger partial charge in [0.15, 0.2) is 0 Å². The molecule has 0 saturated heterocycles. The first-order chi connectivity index (χ1) is 15.2. The Morgan fingerprint density at radius 3 is 2.21 bits per heavy atom. The molecular formula is C29H51O3U-. The summed E-state index contributed by atoms with van der Waals surface area (Å²) in [4.78, 5) is 0. The van der Waals surface area contributed by atoms with E-state index in [9.17, 15) is 5.11 Å². The zero-order valence-corrected chi connectivity index (χ0v) is 26.4. The summed E-state index contributed by atoms with van der Waals surface area (Å²) in [6.07, 6.45) is 15.9. The van der Waals surface area contributed by atoms with Gasteiger partial charge in [0.2, 0.25) is 0 Å². The maximum Gasteiger partial charge on any atom is 0.0299 e. The molecule has 5 aliphatic rings. The van der Waals surface area contributed by atoms with Crippen molar-refractivity contribution in [2.45, 2.75) is 112 Å². The SMILES string of the molecule is CC.OO.[CH2-]C1C(O)CCC2(C)C1CCC1(C)C3CCC4(C)CCCC(C)C4C3=CCC12.[U]. The van der Waals surface area contributed by atoms with Crippen molar-refractivity contribution in [3.8, 4) is 0 Å². The molecule has 4 fully saturated rings. The molecule has 5 aliphatic carbocycles. The summed E-state index contributed by atoms with van der Waals surface area (Å²) in [5, 5.41) is 22.5. The van der Waals surface area contributed by atoms with Crippen molar-refractivity contribution < 1.29 is 46.7 Å². The maximum absolute atomic E-state index is 10.5. The number of aliphatic hydroxyl groups is 1. The van der Waals surface area contributed by atoms with Crippen LogP contribution >= 0.6 is 0 Å². The number of hydrogen-bond donors (Lipinski definition) is 3. The van der Waals surface area contributed by atoms with Crippen LogP contribution in [0.15, 0.2) is 11.6 Å². The smallest absolute Gasteiger partial charge is 0.0299 e. The second kappa shape index (κ2) is 11.4. The van der Waals surface area contributed by atoms with E-state index in [1.54, 1.807) is 0 Å². The molecule has 0 radical (unpaired) electrons. The Morgan fingerprint density at radius 1 is 0.909 bits per heavy atom. The molecule has 0 bridgehead atoms. The maximum atomic E-state index is 10.5. The predicted octanol–water partition coefficient (Wildman–Crippen LogP) is 7.86. The summed E-state index contributed by atoms with van der Waals surface area (Å²) in [6.45, 7) is 18.9. The van der Waals surface area contributed by atoms with Crippen LogP contribution in [-0.4, -0.2) is 21.7 Å². The first-order valence-electron chi connectivity index (χ1n) is 13.6. The van der Waals surface area contributed by atoms with Crippen LogP contribution in [0, 0.1) is 89.8 Å². The molecular weight excluding hydrogens is 634 g/mol. The molecule has 0 aliphatic heterocycles. The number of hydrogen-bond acceptors (Lipinski definition) is 3. The molecule has 0 aromatic heterocycles. The number of fused-ring (bicyclic) bond motifs is 7. The topological polar surface area (TPSA) is 60.7 Å². The van der Waals surface area contributed by atoms with E-state index in [0.29, 0.717) is 22.2 Å². The zero-order valence-electron chi connectivity index (χ0n) is 22.2. The molecule has 0 aromatic carbocycles. The van der Waals surface area contributed by atoms with Crippen molar-refractivity contribution in [1.82, 2.24) is 0 Å². The summed E-state index contributed by atoms with van der Waals surface area (Å²) < 4.78 is 0. The van der Waals surface area contributed by atoms with Crippen molar-refractivity contribution in [2.24, 2.45) is 51.8 Å². The van der Waals surface area contributed by atoms with Gasteiger partial charge in [0.05, 0.1) is 0 Å². The molecule has 5 rings (SSSR count). The van der Waals surface area contributed by atoms with E-state index < -0.39 is 0 Å². The Hall–Kier alpha value is 0.672. The van der Waals surface area contributed by atoms with E-state index in [0.717, 1.165) is 30.1 Å². The fraction of sp³-hybridized carbons (Fsp3) is 0.897. The normalized spacial score (nSPS) is 50.1. The third-order valence-corrected chi connectivity index (χ3v) is 11.3. The molecule has 33 heavy (non-hydrogen) atoms. The molecule has 0 amide bonds. The van der Waals surface area contributed by atoms with Gasteiger partial charge in [0.1, 0.15) is 0 Å². The number of allylic oxidation sites excluding steroid dienone is 2. The Morgan fingerprint density at radius 2 is 1.55 bits per heavy atom. The van der Waals surface area contributed by atoms with E-state index in [2.05, 4.69) is 40.7 Å². The molecule has 190 valence electrons. The van der Waals surface area contributed by atoms with Crippen molar-refractivity contribution in [1.29, 1.82) is 0 Å². The largest absolute Gasteiger partial charge is 0.396 e. The van der Waals surface area contributed by atoms with Crippen LogP contribution in [0.4, 0.5) is 0 Å². The van der Waals surface area contributed by atoms with Gasteiger partial charge in [-0.15, -0.1) is 5.92 Å². The van der Waals surface area contributed by atoms with Gasteiger partial charge >= 0.3 is 0 Å². The predicted molar refractivity (Wildman–Crippen MR) is 133 cm³/mol. The average Bonchev–Trinajstić information content (AvgIpc) is 2.78. The minimum Gasteiger partial charge on any atom is -0.396 e. The quantitative estimate of drug-likeness (QED) is 0.105. The van der Waals surface area contributed by atoms with Crippen molar-refractivity contribution in [3.63, 3.8) is 0 Å². The van der Waals surface area contributed by atoms with E-state index in [4.69, 9.17) is 10.5 Å². The first kappa shape index (κ1) is 29.9. The molecule has 0 spiro atoms. The molecule has 10 atom stereocenters. The van der Waals surface area contributed by atoms with E-state index in [-0.39, 0.29) is 43.1 Å². The molecule has 3 nitrogen and oxygen atoms in total. The zero-order chi connectivity index (χ0) is 23.9. The van der Waals surface area contributed by atoms with Gasteiger partial charge in [-0.1, -0.05) is 78.4 Å². The third-order valence-electron chi connectivity index (χ3n) is 11.3. The van der Waals surface area contributed by atoms with E-state index in [1.165, 1.54) is 57.8 Å². The van der Waals surface area contributed by atoms with Crippen LogP contribution < -0.4 is 0 Å². The Balaban J connectivity index is 0.000000733. The summed E-state index contributed by atoms with van der Waals surface area (Å²) in [6, 6.07) is 0. The fourth-order valence-corrected chi connectivity index (χ4v) is 9.88. The molecule has 3 N–H and O–H groups in total. The van der Waals surface area contributed by atoms with Crippen molar-refractivity contribution >= 4 is 0 Å². The average molecular weight is 686 g/mol. The van der Waals surface area contributed by atoms with Gasteiger partial charge in [-0.25, -0.2) is 0 Å². The summed E-state index contributed by atoms with van der Waals surface area (Å²) in [7, 11) is 0. The molecule has 4 saturated carbocycles. The van der Waals surface area contributed by atoms with Crippen LogP contribution in [0.5, 0.6) is 0 Å². The van der Waals surface area contributed by atoms with Crippen LogP contribution in [0.2, 0.25) is 0 Å². The van der Waals surface area contributed by atoms with Gasteiger partial charge in [-0.3, -0.25) is 10.5 Å². The van der Waals surface area contributed by atoms with Crippen LogP contribution in [0.25, 0.3) is 0 Å². The van der Waals surface area contributed by atoms with E-state index in [1.807, 2.05) is 19.4 Å². The van der Waals surface area contributed by atoms with E-state index >= 15 is 0 Å². The second-order valence-electron chi connectivity index (χ2n) is 12.5. The fourth-order valence-electron chi connectivity index (χ4n) is 9.88. The Labute approximate surface area is 227 Å². The van der Waals surface area contributed by atoms with Gasteiger partial charge in [0, 0.05) is 37.2 Å². The summed E-state index contributed by atoms with van der Waals surface area (Å²) >= 11 is 0. The Kier molecular flexibility index (Phi) is 10.3. The van der Waals surface area contributed by atoms with Crippen LogP contribution in [0.1, 0.15) is 106 Å². The molecule has 0 heterocycles. The van der Waals surface area contributed by atoms with Gasteiger partial charge in [-0.05, 0) is 84.9 Å². The van der Waals surface area contributed by atoms with Gasteiger partial charge in [0.25, 0.3) is 0 Å². The minimum absolute atomic E-state index is 0. The second-order valence-corrected chi connectivity index (χ2v) is 12.5. The van der Waals surface area contributed by atoms with Crippen molar-refractivity contribution in [2.75, 3.05) is 0 Å². The molecule has 0 aromatic rings. The summed E-state index contributed by atoms with van der Waals surface area (Å²) in [5.41, 5.74) is 3.30. The minimum atomic E-state index is -0.171. The van der Waals surface area contributed by atoms with Gasteiger partial charge < -0.3 is 12.0 Å². The van der Waals surface area contributed by atoms with Crippen LogP contribution in [0.3, 0.4) is 0 Å². The molecule has 10 unspecified atom stereocenters.